The van der Waals surface area contributed by atoms with E-state index < -0.39 is 10.0 Å². The van der Waals surface area contributed by atoms with Crippen molar-refractivity contribution in [1.29, 1.82) is 0 Å². The lowest BCUT2D eigenvalue weighted by Crippen LogP contribution is -2.39. The van der Waals surface area contributed by atoms with Crippen LogP contribution in [0.2, 0.25) is 0 Å². The third kappa shape index (κ3) is 4.61. The van der Waals surface area contributed by atoms with Gasteiger partial charge in [0.25, 0.3) is 5.91 Å². The Balaban J connectivity index is 1.74. The molecule has 1 aromatic carbocycles. The molecule has 138 valence electrons. The summed E-state index contributed by atoms with van der Waals surface area (Å²) in [6.07, 6.45) is 7.25. The van der Waals surface area contributed by atoms with Gasteiger partial charge in [0, 0.05) is 24.7 Å². The van der Waals surface area contributed by atoms with E-state index in [0.29, 0.717) is 11.5 Å². The molecule has 0 bridgehead atoms. The number of nitrogens with one attached hydrogen (secondary N) is 1. The molecule has 6 heteroatoms. The zero-order valence-electron chi connectivity index (χ0n) is 14.9. The molecule has 1 aromatic rings. The number of sulfonamides is 1. The van der Waals surface area contributed by atoms with E-state index in [-0.39, 0.29) is 16.8 Å². The lowest BCUT2D eigenvalue weighted by molar-refractivity contribution is 0.0683. The Labute approximate surface area is 150 Å². The van der Waals surface area contributed by atoms with Crippen LogP contribution in [0.3, 0.4) is 0 Å². The van der Waals surface area contributed by atoms with E-state index in [0.717, 1.165) is 51.6 Å². The maximum absolute atomic E-state index is 12.7. The fourth-order valence-electron chi connectivity index (χ4n) is 3.86. The van der Waals surface area contributed by atoms with E-state index in [4.69, 9.17) is 0 Å². The maximum Gasteiger partial charge on any atom is 0.253 e. The van der Waals surface area contributed by atoms with Crippen molar-refractivity contribution in [1.82, 2.24) is 9.62 Å². The standard InChI is InChI=1S/C19H28N2O3S/c1-15-7-6-12-21(14-15)19(22)16-8-5-11-18(13-16)25(23,24)20-17-9-3-2-4-10-17/h5,8,11,13,15,17,20H,2-4,6-7,9-10,12,14H2,1H3. The van der Waals surface area contributed by atoms with Gasteiger partial charge in [-0.3, -0.25) is 4.79 Å². The molecule has 1 aliphatic carbocycles. The number of piperidine rings is 1. The number of nitrogens with zero attached hydrogens (tertiary/aromatic N) is 1. The second kappa shape index (κ2) is 7.87. The normalized spacial score (nSPS) is 22.8. The van der Waals surface area contributed by atoms with Crippen LogP contribution in [0, 0.1) is 5.92 Å². The number of likely N-dealkylation sites (tertiary alicyclic amines) is 1. The number of hydrogen-bond donors (Lipinski definition) is 1. The Morgan fingerprint density at radius 2 is 1.88 bits per heavy atom. The van der Waals surface area contributed by atoms with Gasteiger partial charge in [-0.25, -0.2) is 13.1 Å². The van der Waals surface area contributed by atoms with Gasteiger partial charge in [-0.2, -0.15) is 0 Å². The van der Waals surface area contributed by atoms with Gasteiger partial charge in [0.15, 0.2) is 0 Å². The fourth-order valence-corrected chi connectivity index (χ4v) is 5.21. The summed E-state index contributed by atoms with van der Waals surface area (Å²) in [5.74, 6) is 0.429. The molecular weight excluding hydrogens is 336 g/mol. The van der Waals surface area contributed by atoms with Crippen LogP contribution in [-0.2, 0) is 10.0 Å². The molecule has 1 unspecified atom stereocenters. The van der Waals surface area contributed by atoms with Crippen LogP contribution < -0.4 is 4.72 Å². The molecule has 1 N–H and O–H groups in total. The lowest BCUT2D eigenvalue weighted by atomic mass is 9.96. The number of rotatable bonds is 4. The molecule has 3 rings (SSSR count). The monoisotopic (exact) mass is 364 g/mol. The molecule has 2 aliphatic rings. The van der Waals surface area contributed by atoms with Crippen LogP contribution in [0.4, 0.5) is 0 Å². The minimum absolute atomic E-state index is 0.0149. The molecule has 0 radical (unpaired) electrons. The van der Waals surface area contributed by atoms with Crippen LogP contribution in [0.5, 0.6) is 0 Å². The van der Waals surface area contributed by atoms with Crippen LogP contribution in [0.25, 0.3) is 0 Å². The summed E-state index contributed by atoms with van der Waals surface area (Å²) in [6.45, 7) is 3.64. The topological polar surface area (TPSA) is 66.5 Å². The molecule has 1 saturated carbocycles. The van der Waals surface area contributed by atoms with Crippen molar-refractivity contribution in [3.05, 3.63) is 29.8 Å². The highest BCUT2D eigenvalue weighted by Gasteiger charge is 2.25. The summed E-state index contributed by atoms with van der Waals surface area (Å²) in [4.78, 5) is 14.8. The van der Waals surface area contributed by atoms with E-state index >= 15 is 0 Å². The Kier molecular flexibility index (Phi) is 5.79. The Bertz CT molecular complexity index is 711. The molecule has 1 amide bonds. The average molecular weight is 365 g/mol. The van der Waals surface area contributed by atoms with Gasteiger partial charge in [-0.1, -0.05) is 32.3 Å². The minimum atomic E-state index is -3.58. The highest BCUT2D eigenvalue weighted by molar-refractivity contribution is 7.89. The van der Waals surface area contributed by atoms with Crippen molar-refractivity contribution < 1.29 is 13.2 Å². The largest absolute Gasteiger partial charge is 0.338 e. The van der Waals surface area contributed by atoms with Crippen LogP contribution >= 0.6 is 0 Å². The van der Waals surface area contributed by atoms with Crippen LogP contribution in [0.15, 0.2) is 29.2 Å². The van der Waals surface area contributed by atoms with Gasteiger partial charge in [0.2, 0.25) is 10.0 Å². The Hall–Kier alpha value is -1.40. The highest BCUT2D eigenvalue weighted by Crippen LogP contribution is 2.22. The van der Waals surface area contributed by atoms with E-state index in [2.05, 4.69) is 11.6 Å². The minimum Gasteiger partial charge on any atom is -0.338 e. The van der Waals surface area contributed by atoms with Crippen LogP contribution in [-0.4, -0.2) is 38.4 Å². The maximum atomic E-state index is 12.7. The Morgan fingerprint density at radius 1 is 1.12 bits per heavy atom. The first-order valence-electron chi connectivity index (χ1n) is 9.37. The second-order valence-corrected chi connectivity index (χ2v) is 9.20. The number of benzene rings is 1. The van der Waals surface area contributed by atoms with Crippen molar-refractivity contribution in [2.75, 3.05) is 13.1 Å². The molecular formula is C19H28N2O3S. The lowest BCUT2D eigenvalue weighted by Gasteiger charge is -2.31. The summed E-state index contributed by atoms with van der Waals surface area (Å²) in [5, 5.41) is 0. The third-order valence-electron chi connectivity index (χ3n) is 5.26. The first kappa shape index (κ1) is 18.4. The van der Waals surface area contributed by atoms with Crippen molar-refractivity contribution in [3.63, 3.8) is 0 Å². The average Bonchev–Trinajstić information content (AvgIpc) is 2.62. The zero-order valence-corrected chi connectivity index (χ0v) is 15.7. The first-order chi connectivity index (χ1) is 12.0. The van der Waals surface area contributed by atoms with E-state index in [1.54, 1.807) is 18.2 Å². The van der Waals surface area contributed by atoms with Crippen molar-refractivity contribution in [2.45, 2.75) is 62.8 Å². The third-order valence-corrected chi connectivity index (χ3v) is 6.78. The summed E-state index contributed by atoms with van der Waals surface area (Å²) in [5.41, 5.74) is 0.459. The second-order valence-electron chi connectivity index (χ2n) is 7.48. The highest BCUT2D eigenvalue weighted by atomic mass is 32.2. The quantitative estimate of drug-likeness (QED) is 0.892. The van der Waals surface area contributed by atoms with Crippen molar-refractivity contribution >= 4 is 15.9 Å². The summed E-state index contributed by atoms with van der Waals surface area (Å²) in [6, 6.07) is 6.48. The van der Waals surface area contributed by atoms with Gasteiger partial charge in [-0.05, 0) is 49.8 Å². The number of amides is 1. The molecule has 1 atom stereocenters. The van der Waals surface area contributed by atoms with Gasteiger partial charge in [-0.15, -0.1) is 0 Å². The van der Waals surface area contributed by atoms with Crippen molar-refractivity contribution in [2.24, 2.45) is 5.92 Å². The molecule has 0 spiro atoms. The predicted octanol–water partition coefficient (Wildman–Crippen LogP) is 3.17. The molecule has 2 fully saturated rings. The van der Waals surface area contributed by atoms with Crippen molar-refractivity contribution in [3.8, 4) is 0 Å². The Morgan fingerprint density at radius 3 is 2.60 bits per heavy atom. The molecule has 0 aromatic heterocycles. The van der Waals surface area contributed by atoms with Gasteiger partial charge in [0.1, 0.15) is 0 Å². The number of carbonyl (C=O) groups is 1. The van der Waals surface area contributed by atoms with E-state index in [1.807, 2.05) is 4.90 Å². The SMILES string of the molecule is CC1CCCN(C(=O)c2cccc(S(=O)(=O)NC3CCCCC3)c2)C1. The first-order valence-corrected chi connectivity index (χ1v) is 10.9. The van der Waals surface area contributed by atoms with Gasteiger partial charge >= 0.3 is 0 Å². The summed E-state index contributed by atoms with van der Waals surface area (Å²) >= 11 is 0. The van der Waals surface area contributed by atoms with Crippen LogP contribution in [0.1, 0.15) is 62.2 Å². The summed E-state index contributed by atoms with van der Waals surface area (Å²) < 4.78 is 28.1. The fraction of sp³-hybridized carbons (Fsp3) is 0.632. The molecule has 1 heterocycles. The van der Waals surface area contributed by atoms with Gasteiger partial charge in [0.05, 0.1) is 4.90 Å². The molecule has 5 nitrogen and oxygen atoms in total. The summed E-state index contributed by atoms with van der Waals surface area (Å²) in [7, 11) is -3.58. The number of hydrogen-bond acceptors (Lipinski definition) is 3. The van der Waals surface area contributed by atoms with E-state index in [1.165, 1.54) is 12.5 Å². The smallest absolute Gasteiger partial charge is 0.253 e. The predicted molar refractivity (Wildman–Crippen MR) is 97.9 cm³/mol. The molecule has 25 heavy (non-hydrogen) atoms. The van der Waals surface area contributed by atoms with Gasteiger partial charge < -0.3 is 4.90 Å². The molecule has 1 saturated heterocycles. The van der Waals surface area contributed by atoms with E-state index in [9.17, 15) is 13.2 Å². The number of carbonyl (C=O) groups excluding carboxylic acids is 1. The zero-order chi connectivity index (χ0) is 17.9. The molecule has 1 aliphatic heterocycles.